The molecule has 0 saturated heterocycles. The van der Waals surface area contributed by atoms with Gasteiger partial charge in [0.15, 0.2) is 0 Å². The molecule has 0 aromatic heterocycles. The van der Waals surface area contributed by atoms with Crippen molar-refractivity contribution in [3.63, 3.8) is 0 Å². The van der Waals surface area contributed by atoms with Gasteiger partial charge in [0.1, 0.15) is 0 Å². The standard InChI is InChI=1S/C9H21N3O/c1-11(2)7-5-6-10-8-9(13)12(3)4/h10H,5-8H2,1-4H3. The van der Waals surface area contributed by atoms with Crippen LogP contribution in [-0.4, -0.2) is 63.5 Å². The normalized spacial score (nSPS) is 10.5. The predicted octanol–water partition coefficient (Wildman–Crippen LogP) is -0.384. The van der Waals surface area contributed by atoms with Crippen LogP contribution in [0, 0.1) is 0 Å². The first-order chi connectivity index (χ1) is 6.04. The average Bonchev–Trinajstić information content (AvgIpc) is 2.02. The zero-order valence-corrected chi connectivity index (χ0v) is 9.13. The van der Waals surface area contributed by atoms with Crippen molar-refractivity contribution in [3.8, 4) is 0 Å². The van der Waals surface area contributed by atoms with Crippen molar-refractivity contribution >= 4 is 5.91 Å². The molecule has 0 heterocycles. The summed E-state index contributed by atoms with van der Waals surface area (Å²) in [5, 5.41) is 3.10. The summed E-state index contributed by atoms with van der Waals surface area (Å²) in [6.07, 6.45) is 1.08. The Kier molecular flexibility index (Phi) is 6.54. The molecule has 0 bridgehead atoms. The molecule has 0 saturated carbocycles. The van der Waals surface area contributed by atoms with Gasteiger partial charge in [-0.05, 0) is 33.6 Å². The number of hydrogen-bond acceptors (Lipinski definition) is 3. The summed E-state index contributed by atoms with van der Waals surface area (Å²) < 4.78 is 0. The van der Waals surface area contributed by atoms with Gasteiger partial charge in [0.2, 0.25) is 5.91 Å². The molecule has 1 N–H and O–H groups in total. The molecule has 0 aliphatic heterocycles. The van der Waals surface area contributed by atoms with E-state index in [1.807, 2.05) is 14.1 Å². The highest BCUT2D eigenvalue weighted by atomic mass is 16.2. The quantitative estimate of drug-likeness (QED) is 0.576. The van der Waals surface area contributed by atoms with E-state index in [1.165, 1.54) is 0 Å². The van der Waals surface area contributed by atoms with E-state index in [2.05, 4.69) is 10.2 Å². The topological polar surface area (TPSA) is 35.6 Å². The number of nitrogens with one attached hydrogen (secondary N) is 1. The molecular formula is C9H21N3O. The van der Waals surface area contributed by atoms with Crippen LogP contribution in [0.15, 0.2) is 0 Å². The third-order valence-corrected chi connectivity index (χ3v) is 1.73. The minimum absolute atomic E-state index is 0.129. The van der Waals surface area contributed by atoms with E-state index in [9.17, 15) is 4.79 Å². The number of carbonyl (C=O) groups is 1. The molecule has 78 valence electrons. The predicted molar refractivity (Wildman–Crippen MR) is 54.7 cm³/mol. The van der Waals surface area contributed by atoms with Gasteiger partial charge in [-0.15, -0.1) is 0 Å². The molecule has 1 amide bonds. The SMILES string of the molecule is CN(C)CCCNCC(=O)N(C)C. The fourth-order valence-corrected chi connectivity index (χ4v) is 0.874. The van der Waals surface area contributed by atoms with Gasteiger partial charge in [0, 0.05) is 14.1 Å². The number of hydrogen-bond donors (Lipinski definition) is 1. The number of nitrogens with zero attached hydrogens (tertiary/aromatic N) is 2. The Balaban J connectivity index is 3.21. The molecule has 0 aromatic rings. The van der Waals surface area contributed by atoms with E-state index in [0.29, 0.717) is 6.54 Å². The van der Waals surface area contributed by atoms with Gasteiger partial charge < -0.3 is 15.1 Å². The van der Waals surface area contributed by atoms with Crippen LogP contribution in [0.5, 0.6) is 0 Å². The van der Waals surface area contributed by atoms with Crippen LogP contribution in [0.4, 0.5) is 0 Å². The Morgan fingerprint density at radius 3 is 2.31 bits per heavy atom. The van der Waals surface area contributed by atoms with E-state index in [0.717, 1.165) is 19.5 Å². The van der Waals surface area contributed by atoms with Crippen LogP contribution in [0.25, 0.3) is 0 Å². The lowest BCUT2D eigenvalue weighted by Crippen LogP contribution is -2.34. The molecule has 0 unspecified atom stereocenters. The average molecular weight is 187 g/mol. The Hall–Kier alpha value is -0.610. The second-order valence-electron chi connectivity index (χ2n) is 3.62. The van der Waals surface area contributed by atoms with Gasteiger partial charge in [-0.3, -0.25) is 4.79 Å². The van der Waals surface area contributed by atoms with E-state index < -0.39 is 0 Å². The van der Waals surface area contributed by atoms with Gasteiger partial charge in [-0.2, -0.15) is 0 Å². The maximum Gasteiger partial charge on any atom is 0.236 e. The van der Waals surface area contributed by atoms with Gasteiger partial charge in [-0.25, -0.2) is 0 Å². The molecule has 0 fully saturated rings. The zero-order chi connectivity index (χ0) is 10.3. The molecule has 4 heteroatoms. The van der Waals surface area contributed by atoms with E-state index >= 15 is 0 Å². The summed E-state index contributed by atoms with van der Waals surface area (Å²) in [5.74, 6) is 0.129. The molecule has 0 radical (unpaired) electrons. The molecule has 0 spiro atoms. The van der Waals surface area contributed by atoms with Crippen LogP contribution >= 0.6 is 0 Å². The number of likely N-dealkylation sites (N-methyl/N-ethyl adjacent to an activating group) is 1. The van der Waals surface area contributed by atoms with Gasteiger partial charge in [0.05, 0.1) is 6.54 Å². The second-order valence-corrected chi connectivity index (χ2v) is 3.62. The smallest absolute Gasteiger partial charge is 0.236 e. The lowest BCUT2D eigenvalue weighted by atomic mass is 10.4. The van der Waals surface area contributed by atoms with Gasteiger partial charge >= 0.3 is 0 Å². The summed E-state index contributed by atoms with van der Waals surface area (Å²) in [4.78, 5) is 14.8. The highest BCUT2D eigenvalue weighted by molar-refractivity contribution is 5.77. The fraction of sp³-hybridized carbons (Fsp3) is 0.889. The van der Waals surface area contributed by atoms with Crippen molar-refractivity contribution in [1.29, 1.82) is 0 Å². The molecule has 0 atom stereocenters. The van der Waals surface area contributed by atoms with Crippen molar-refractivity contribution in [2.75, 3.05) is 47.8 Å². The molecule has 0 aliphatic carbocycles. The van der Waals surface area contributed by atoms with Crippen LogP contribution < -0.4 is 5.32 Å². The maximum atomic E-state index is 11.1. The Morgan fingerprint density at radius 2 is 1.85 bits per heavy atom. The summed E-state index contributed by atoms with van der Waals surface area (Å²) in [6.45, 7) is 2.40. The Labute approximate surface area is 80.9 Å². The lowest BCUT2D eigenvalue weighted by molar-refractivity contribution is -0.127. The summed E-state index contributed by atoms with van der Waals surface area (Å²) >= 11 is 0. The van der Waals surface area contributed by atoms with Crippen molar-refractivity contribution in [3.05, 3.63) is 0 Å². The molecular weight excluding hydrogens is 166 g/mol. The lowest BCUT2D eigenvalue weighted by Gasteiger charge is -2.12. The molecule has 13 heavy (non-hydrogen) atoms. The first-order valence-corrected chi connectivity index (χ1v) is 4.59. The minimum Gasteiger partial charge on any atom is -0.348 e. The second kappa shape index (κ2) is 6.86. The highest BCUT2D eigenvalue weighted by Gasteiger charge is 2.01. The van der Waals surface area contributed by atoms with Gasteiger partial charge in [-0.1, -0.05) is 0 Å². The van der Waals surface area contributed by atoms with Crippen molar-refractivity contribution in [2.45, 2.75) is 6.42 Å². The maximum absolute atomic E-state index is 11.1. The fourth-order valence-electron chi connectivity index (χ4n) is 0.874. The largest absolute Gasteiger partial charge is 0.348 e. The number of amides is 1. The highest BCUT2D eigenvalue weighted by Crippen LogP contribution is 1.81. The summed E-state index contributed by atoms with van der Waals surface area (Å²) in [5.41, 5.74) is 0. The zero-order valence-electron chi connectivity index (χ0n) is 9.13. The van der Waals surface area contributed by atoms with Crippen LogP contribution in [-0.2, 0) is 4.79 Å². The molecule has 4 nitrogen and oxygen atoms in total. The molecule has 0 aromatic carbocycles. The summed E-state index contributed by atoms with van der Waals surface area (Å²) in [7, 11) is 7.63. The first kappa shape index (κ1) is 12.4. The van der Waals surface area contributed by atoms with Crippen LogP contribution in [0.2, 0.25) is 0 Å². The van der Waals surface area contributed by atoms with Crippen molar-refractivity contribution in [1.82, 2.24) is 15.1 Å². The Morgan fingerprint density at radius 1 is 1.23 bits per heavy atom. The van der Waals surface area contributed by atoms with Crippen LogP contribution in [0.1, 0.15) is 6.42 Å². The van der Waals surface area contributed by atoms with Gasteiger partial charge in [0.25, 0.3) is 0 Å². The third-order valence-electron chi connectivity index (χ3n) is 1.73. The molecule has 0 rings (SSSR count). The number of carbonyl (C=O) groups excluding carboxylic acids is 1. The third kappa shape index (κ3) is 7.74. The number of rotatable bonds is 6. The molecule has 0 aliphatic rings. The monoisotopic (exact) mass is 187 g/mol. The van der Waals surface area contributed by atoms with Crippen LogP contribution in [0.3, 0.4) is 0 Å². The first-order valence-electron chi connectivity index (χ1n) is 4.59. The van der Waals surface area contributed by atoms with E-state index in [4.69, 9.17) is 0 Å². The Bertz CT molecular complexity index is 146. The van der Waals surface area contributed by atoms with Crippen molar-refractivity contribution < 1.29 is 4.79 Å². The minimum atomic E-state index is 0.129. The van der Waals surface area contributed by atoms with Crippen molar-refractivity contribution in [2.24, 2.45) is 0 Å². The van der Waals surface area contributed by atoms with E-state index in [1.54, 1.807) is 19.0 Å². The summed E-state index contributed by atoms with van der Waals surface area (Å²) in [6, 6.07) is 0. The van der Waals surface area contributed by atoms with E-state index in [-0.39, 0.29) is 5.91 Å².